The third-order valence-corrected chi connectivity index (χ3v) is 23.7. The highest BCUT2D eigenvalue weighted by Gasteiger charge is 2.46. The SMILES string of the molecule is CSCC[C@H](CC(C)=O)C(=O)N[C@H]1CSCc2cccc(c2)CSC[C@@H](C(=O)C[C@@H](CC(=O)O)C(=O)N[C@@H](Cc2cnc[nH]2)C(=O)C[C@@H](Cc2ccccc2)C(=O)N[C@@H](CCCCC(=N)N)C(=O)N[C@@H](C)C(N)=O)NC(=O)[C@H](Cc2ccccc2)CC(=O)[C@H](CCC(=O)O)NC(=O)[C@H]([C@@H](C)O)NC(=O)[C@@H]2CCCN2C(=O)[C@@H]2CCCN2C1=O. The number of carbonyl (C=O) groups is 16. The number of unbranched alkanes of at least 4 members (excludes halogenated alkanes) is 1. The van der Waals surface area contributed by atoms with Crippen molar-refractivity contribution >= 4 is 135 Å². The summed E-state index contributed by atoms with van der Waals surface area (Å²) in [5.41, 5.74) is 13.9. The molecule has 36 heteroatoms. The number of amidine groups is 1. The number of carboxylic acids is 2. The van der Waals surface area contributed by atoms with E-state index in [1.807, 2.05) is 18.4 Å². The number of ketones is 4. The zero-order chi connectivity index (χ0) is 86.1. The molecular weight excluding hydrogens is 1580 g/mol. The number of benzene rings is 3. The largest absolute Gasteiger partial charge is 0.481 e. The molecule has 7 rings (SSSR count). The number of fused-ring (bicyclic) bond motifs is 4. The molecule has 3 aromatic carbocycles. The summed E-state index contributed by atoms with van der Waals surface area (Å²) in [4.78, 5) is 237. The number of Topliss-reactive ketones (excluding diaryl/α,β-unsaturated/α-hetero) is 4. The number of amides is 10. The van der Waals surface area contributed by atoms with Gasteiger partial charge in [0.2, 0.25) is 59.1 Å². The molecule has 3 aliphatic rings. The van der Waals surface area contributed by atoms with Crippen molar-refractivity contribution in [3.8, 4) is 0 Å². The number of aliphatic carboxylic acids is 2. The number of carbonyl (C=O) groups excluding carboxylic acids is 14. The third-order valence-electron chi connectivity index (χ3n) is 20.9. The zero-order valence-corrected chi connectivity index (χ0v) is 69.2. The number of aromatic nitrogens is 2. The van der Waals surface area contributed by atoms with Crippen LogP contribution in [0.3, 0.4) is 0 Å². The second kappa shape index (κ2) is 47.9. The van der Waals surface area contributed by atoms with Crippen molar-refractivity contribution in [2.45, 2.75) is 215 Å². The minimum absolute atomic E-state index is 0.00167. The predicted octanol–water partition coefficient (Wildman–Crippen LogP) is 2.79. The van der Waals surface area contributed by atoms with Crippen LogP contribution in [0.5, 0.6) is 0 Å². The number of aliphatic hydroxyl groups is 1. The van der Waals surface area contributed by atoms with Gasteiger partial charge in [-0.3, -0.25) is 77.3 Å². The van der Waals surface area contributed by atoms with Gasteiger partial charge >= 0.3 is 11.9 Å². The molecule has 2 bridgehead atoms. The van der Waals surface area contributed by atoms with Crippen LogP contribution in [0, 0.1) is 29.1 Å². The van der Waals surface area contributed by atoms with Gasteiger partial charge in [0.05, 0.1) is 48.7 Å². The van der Waals surface area contributed by atoms with E-state index in [1.165, 1.54) is 66.6 Å². The van der Waals surface area contributed by atoms with Crippen LogP contribution in [0.15, 0.2) is 97.5 Å². The molecule has 0 radical (unpaired) electrons. The summed E-state index contributed by atoms with van der Waals surface area (Å²) in [6, 6.07) is 11.6. The summed E-state index contributed by atoms with van der Waals surface area (Å²) < 4.78 is 0. The molecule has 2 saturated heterocycles. The Morgan fingerprint density at radius 2 is 1.29 bits per heavy atom. The number of aliphatic hydroxyl groups excluding tert-OH is 1. The van der Waals surface area contributed by atoms with Crippen LogP contribution >= 0.6 is 35.3 Å². The fourth-order valence-corrected chi connectivity index (χ4v) is 17.0. The van der Waals surface area contributed by atoms with E-state index >= 15 is 24.0 Å². The Morgan fingerprint density at radius 3 is 1.90 bits per heavy atom. The molecule has 33 nitrogen and oxygen atoms in total. The lowest BCUT2D eigenvalue weighted by molar-refractivity contribution is -0.148. The van der Waals surface area contributed by atoms with E-state index in [-0.39, 0.29) is 106 Å². The van der Waals surface area contributed by atoms with Gasteiger partial charge in [-0.25, -0.2) is 4.98 Å². The molecule has 118 heavy (non-hydrogen) atoms. The van der Waals surface area contributed by atoms with Crippen LogP contribution in [-0.2, 0) is 107 Å². The molecule has 3 aliphatic heterocycles. The van der Waals surface area contributed by atoms with Gasteiger partial charge in [0.25, 0.3) is 0 Å². The van der Waals surface area contributed by atoms with Crippen molar-refractivity contribution in [3.63, 3.8) is 0 Å². The number of aromatic amines is 1. The number of carboxylic acid groups (broad SMARTS) is 2. The molecule has 16 N–H and O–H groups in total. The molecule has 4 heterocycles. The molecule has 0 aliphatic carbocycles. The first-order chi connectivity index (χ1) is 56.3. The first-order valence-corrected chi connectivity index (χ1v) is 43.3. The van der Waals surface area contributed by atoms with E-state index < -0.39 is 211 Å². The van der Waals surface area contributed by atoms with Crippen molar-refractivity contribution in [1.82, 2.24) is 57.0 Å². The van der Waals surface area contributed by atoms with Crippen LogP contribution in [0.1, 0.15) is 151 Å². The molecule has 0 saturated carbocycles. The Bertz CT molecular complexity index is 4180. The lowest BCUT2D eigenvalue weighted by Crippen LogP contribution is -2.60. The average molecular weight is 1690 g/mol. The second-order valence-electron chi connectivity index (χ2n) is 30.3. The minimum Gasteiger partial charge on any atom is -0.481 e. The number of imidazole rings is 1. The van der Waals surface area contributed by atoms with Crippen molar-refractivity contribution in [2.24, 2.45) is 35.1 Å². The lowest BCUT2D eigenvalue weighted by Gasteiger charge is -2.34. The first kappa shape index (κ1) is 94.8. The number of nitrogens with one attached hydrogen (secondary N) is 9. The Morgan fingerprint density at radius 1 is 0.653 bits per heavy atom. The molecule has 14 atom stereocenters. The molecule has 640 valence electrons. The predicted molar refractivity (Wildman–Crippen MR) is 442 cm³/mol. The maximum absolute atomic E-state index is 15.4. The first-order valence-electron chi connectivity index (χ1n) is 39.6. The molecule has 0 unspecified atom stereocenters. The summed E-state index contributed by atoms with van der Waals surface area (Å²) in [6.07, 6.45) is -0.105. The molecule has 2 fully saturated rings. The van der Waals surface area contributed by atoms with E-state index in [0.29, 0.717) is 53.8 Å². The van der Waals surface area contributed by atoms with Crippen LogP contribution in [-0.4, -0.2) is 232 Å². The van der Waals surface area contributed by atoms with E-state index in [1.54, 1.807) is 72.8 Å². The van der Waals surface area contributed by atoms with Gasteiger partial charge in [-0.15, -0.1) is 0 Å². The standard InChI is InChI=1S/C82H110N14O19S3/c1-47(97)32-54(28-31-116-4)74(107)93-63-45-118-43-53-21-13-20-52(33-53)42-117-44-62(92-76(109)55(34-50-16-7-5-8-17-50)36-66(99)59(26-27-70(102)103)89-80(113)72(49(3)98)94-79(112)64-23-14-29-95(64)82(115)65-24-15-30-96(65)81(63)114)68(101)38-57(39-71(104)105)77(110)91-61(40-58-41-86-46-87-58)67(100)37-56(35-51-18-9-6-10-19-51)75(108)90-60(22-11-12-25-69(83)84)78(111)88-48(2)73(85)106/h5-10,13,16-21,33,41,46,48-49,54-57,59-65,72,98H,11-12,14-15,22-32,34-40,42-45H2,1-4H3,(H3,83,84)(H2,85,106)(H,86,87)(H,88,111)(H,89,113)(H,90,108)(H,91,110)(H,92,109)(H,93,107)(H,94,112)(H,102,103)(H,104,105)/t48-,49+,54+,55+,56+,57-,59-,60-,61-,62-,63-,64-,65-,72-/m0/s1. The number of rotatable bonds is 37. The topological polar surface area (TPSA) is 529 Å². The highest BCUT2D eigenvalue weighted by Crippen LogP contribution is 2.30. The van der Waals surface area contributed by atoms with Crippen molar-refractivity contribution in [1.29, 1.82) is 5.41 Å². The zero-order valence-electron chi connectivity index (χ0n) is 66.8. The molecule has 10 amide bonds. The van der Waals surface area contributed by atoms with Crippen molar-refractivity contribution < 1.29 is 92.0 Å². The molecule has 4 aromatic rings. The van der Waals surface area contributed by atoms with Gasteiger partial charge in [0.15, 0.2) is 17.3 Å². The Kier molecular flexibility index (Phi) is 38.5. The number of H-pyrrole nitrogens is 1. The summed E-state index contributed by atoms with van der Waals surface area (Å²) in [7, 11) is 0. The number of hydrogen-bond acceptors (Lipinski definition) is 22. The highest BCUT2D eigenvalue weighted by atomic mass is 32.2. The number of primary amides is 1. The number of hydrogen-bond donors (Lipinski definition) is 14. The summed E-state index contributed by atoms with van der Waals surface area (Å²) >= 11 is 3.93. The average Bonchev–Trinajstić information content (AvgIpc) is 1.63. The summed E-state index contributed by atoms with van der Waals surface area (Å²) in [6.45, 7) is 4.10. The highest BCUT2D eigenvalue weighted by molar-refractivity contribution is 7.99. The molecular formula is C82H110N14O19S3. The number of thioether (sulfide) groups is 3. The van der Waals surface area contributed by atoms with E-state index in [2.05, 4.69) is 47.2 Å². The van der Waals surface area contributed by atoms with Crippen LogP contribution in [0.25, 0.3) is 0 Å². The van der Waals surface area contributed by atoms with Gasteiger partial charge in [-0.05, 0) is 119 Å². The van der Waals surface area contributed by atoms with Crippen molar-refractivity contribution in [2.75, 3.05) is 36.6 Å². The van der Waals surface area contributed by atoms with Crippen molar-refractivity contribution in [3.05, 3.63) is 125 Å². The third kappa shape index (κ3) is 30.5. The minimum atomic E-state index is -1.82. The van der Waals surface area contributed by atoms with Crippen LogP contribution in [0.2, 0.25) is 0 Å². The maximum atomic E-state index is 15.4. The fourth-order valence-electron chi connectivity index (χ4n) is 14.5. The normalized spacial score (nSPS) is 21.1. The van der Waals surface area contributed by atoms with E-state index in [9.17, 15) is 68.1 Å². The van der Waals surface area contributed by atoms with Gasteiger partial charge in [-0.2, -0.15) is 35.3 Å². The van der Waals surface area contributed by atoms with Gasteiger partial charge in [0, 0.05) is 111 Å². The van der Waals surface area contributed by atoms with Crippen LogP contribution in [0.4, 0.5) is 0 Å². The van der Waals surface area contributed by atoms with Gasteiger partial charge in [-0.1, -0.05) is 91.3 Å². The number of nitrogens with two attached hydrogens (primary N) is 2. The summed E-state index contributed by atoms with van der Waals surface area (Å²) in [5, 5.41) is 58.0. The lowest BCUT2D eigenvalue weighted by atomic mass is 9.88. The summed E-state index contributed by atoms with van der Waals surface area (Å²) in [5.74, 6) is -18.4. The number of nitrogens with zero attached hydrogens (tertiary/aromatic N) is 3. The van der Waals surface area contributed by atoms with E-state index in [4.69, 9.17) is 16.9 Å². The van der Waals surface area contributed by atoms with E-state index in [0.717, 1.165) is 17.3 Å². The molecule has 0 spiro atoms. The monoisotopic (exact) mass is 1690 g/mol. The van der Waals surface area contributed by atoms with Gasteiger partial charge < -0.3 is 83.6 Å². The maximum Gasteiger partial charge on any atom is 0.304 e. The van der Waals surface area contributed by atoms with Gasteiger partial charge in [0.1, 0.15) is 42.0 Å². The second-order valence-corrected chi connectivity index (χ2v) is 33.4. The molecule has 1 aromatic heterocycles. The fraction of sp³-hybridized carbons (Fsp3) is 0.537. The quantitative estimate of drug-likeness (QED) is 0.0175. The Hall–Kier alpha value is -10.3. The Balaban J connectivity index is 1.25. The van der Waals surface area contributed by atoms with Crippen LogP contribution < -0.4 is 48.7 Å². The smallest absolute Gasteiger partial charge is 0.304 e. The Labute approximate surface area is 697 Å².